The Morgan fingerprint density at radius 2 is 1.08 bits per heavy atom. The van der Waals surface area contributed by atoms with Crippen LogP contribution in [0.4, 0.5) is 0 Å². The van der Waals surface area contributed by atoms with Crippen LogP contribution in [0.25, 0.3) is 0 Å². The Morgan fingerprint density at radius 3 is 1.24 bits per heavy atom. The fraction of sp³-hybridized carbons (Fsp3) is 0.800. The third-order valence-corrected chi connectivity index (χ3v) is 3.54. The van der Waals surface area contributed by atoms with E-state index >= 15 is 0 Å². The summed E-state index contributed by atoms with van der Waals surface area (Å²) in [7, 11) is -8.50. The van der Waals surface area contributed by atoms with Crippen LogP contribution in [-0.2, 0) is 49.3 Å². The molecule has 0 aliphatic rings. The van der Waals surface area contributed by atoms with Gasteiger partial charge in [0, 0.05) is 13.1 Å². The first kappa shape index (κ1) is 29.1. The summed E-state index contributed by atoms with van der Waals surface area (Å²) in [5, 5.41) is 4.39. The zero-order valence-corrected chi connectivity index (χ0v) is 18.5. The van der Waals surface area contributed by atoms with Crippen molar-refractivity contribution >= 4 is 32.1 Å². The van der Waals surface area contributed by atoms with Gasteiger partial charge in [-0.1, -0.05) is 0 Å². The summed E-state index contributed by atoms with van der Waals surface area (Å²) in [5.41, 5.74) is 10.3. The average molecular weight is 456 g/mol. The summed E-state index contributed by atoms with van der Waals surface area (Å²) in [6, 6.07) is -1.39. The third-order valence-electron chi connectivity index (χ3n) is 2.13. The van der Waals surface area contributed by atoms with Gasteiger partial charge in [-0.15, -0.1) is 0 Å². The number of carbonyl (C=O) groups is 2. The van der Waals surface area contributed by atoms with Crippen molar-refractivity contribution < 1.29 is 55.0 Å². The molecule has 0 bridgehead atoms. The smallest absolute Gasteiger partial charge is 0.748 e. The van der Waals surface area contributed by atoms with Gasteiger partial charge in [0.15, 0.2) is 0 Å². The maximum absolute atomic E-state index is 10.7. The van der Waals surface area contributed by atoms with E-state index in [2.05, 4.69) is 10.6 Å². The molecule has 0 aliphatic carbocycles. The molecular formula is C10H22N4O8S2Zn. The number of nitrogens with two attached hydrogens (primary N) is 2. The van der Waals surface area contributed by atoms with Gasteiger partial charge in [0.25, 0.3) is 0 Å². The molecule has 25 heavy (non-hydrogen) atoms. The zero-order valence-electron chi connectivity index (χ0n) is 13.9. The predicted octanol–water partition coefficient (Wildman–Crippen LogP) is -4.01. The molecule has 0 aromatic carbocycles. The predicted molar refractivity (Wildman–Crippen MR) is 82.4 cm³/mol. The Labute approximate surface area is 159 Å². The van der Waals surface area contributed by atoms with Gasteiger partial charge in [0.2, 0.25) is 11.8 Å². The van der Waals surface area contributed by atoms with Gasteiger partial charge >= 0.3 is 19.5 Å². The topological polar surface area (TPSA) is 225 Å². The summed E-state index contributed by atoms with van der Waals surface area (Å²) in [6.45, 7) is 2.54. The van der Waals surface area contributed by atoms with E-state index in [0.717, 1.165) is 0 Å². The molecule has 2 atom stereocenters. The molecule has 0 radical (unpaired) electrons. The minimum atomic E-state index is -4.25. The van der Waals surface area contributed by atoms with Crippen molar-refractivity contribution in [1.29, 1.82) is 0 Å². The number of rotatable bonds is 8. The summed E-state index contributed by atoms with van der Waals surface area (Å²) in [6.07, 6.45) is 0. The maximum Gasteiger partial charge on any atom is 2.00 e. The fourth-order valence-corrected chi connectivity index (χ4v) is 1.62. The van der Waals surface area contributed by atoms with Crippen LogP contribution in [0.15, 0.2) is 0 Å². The number of amides is 2. The second-order valence-corrected chi connectivity index (χ2v) is 7.73. The van der Waals surface area contributed by atoms with Crippen LogP contribution in [0.1, 0.15) is 13.8 Å². The van der Waals surface area contributed by atoms with E-state index < -0.39 is 55.6 Å². The molecule has 0 aromatic heterocycles. The number of hydrogen-bond acceptors (Lipinski definition) is 10. The molecule has 0 heterocycles. The summed E-state index contributed by atoms with van der Waals surface area (Å²) in [5.74, 6) is -2.16. The van der Waals surface area contributed by atoms with Crippen molar-refractivity contribution in [2.75, 3.05) is 24.6 Å². The van der Waals surface area contributed by atoms with E-state index in [-0.39, 0.29) is 32.6 Å². The molecule has 0 spiro atoms. The maximum atomic E-state index is 10.7. The summed E-state index contributed by atoms with van der Waals surface area (Å²) < 4.78 is 60.3. The van der Waals surface area contributed by atoms with Crippen molar-refractivity contribution in [3.05, 3.63) is 0 Å². The second-order valence-electron chi connectivity index (χ2n) is 4.68. The van der Waals surface area contributed by atoms with Crippen LogP contribution >= 0.6 is 0 Å². The van der Waals surface area contributed by atoms with E-state index in [0.29, 0.717) is 0 Å². The molecule has 0 aliphatic heterocycles. The Hall–Kier alpha value is -0.697. The average Bonchev–Trinajstić information content (AvgIpc) is 2.35. The van der Waals surface area contributed by atoms with E-state index in [1.807, 2.05) is 0 Å². The third kappa shape index (κ3) is 23.3. The Bertz CT molecular complexity index is 552. The van der Waals surface area contributed by atoms with E-state index in [9.17, 15) is 35.5 Å². The number of carbonyl (C=O) groups excluding carboxylic acids is 2. The van der Waals surface area contributed by atoms with Crippen LogP contribution in [0.3, 0.4) is 0 Å². The largest absolute Gasteiger partial charge is 2.00 e. The quantitative estimate of drug-likeness (QED) is 0.205. The molecule has 15 heteroatoms. The monoisotopic (exact) mass is 454 g/mol. The molecule has 0 fully saturated rings. The van der Waals surface area contributed by atoms with E-state index in [1.165, 1.54) is 13.8 Å². The minimum absolute atomic E-state index is 0. The van der Waals surface area contributed by atoms with Crippen LogP contribution < -0.4 is 22.1 Å². The van der Waals surface area contributed by atoms with Gasteiger partial charge in [-0.3, -0.25) is 9.59 Å². The minimum Gasteiger partial charge on any atom is -0.748 e. The molecule has 2 amide bonds. The Morgan fingerprint density at radius 1 is 0.840 bits per heavy atom. The Balaban J connectivity index is -0.000000372. The zero-order chi connectivity index (χ0) is 19.6. The van der Waals surface area contributed by atoms with Gasteiger partial charge < -0.3 is 31.2 Å². The first-order chi connectivity index (χ1) is 10.7. The molecule has 144 valence electrons. The number of hydrogen-bond donors (Lipinski definition) is 4. The molecule has 0 rings (SSSR count). The van der Waals surface area contributed by atoms with Crippen LogP contribution in [-0.4, -0.2) is 74.4 Å². The van der Waals surface area contributed by atoms with Crippen molar-refractivity contribution in [3.8, 4) is 0 Å². The van der Waals surface area contributed by atoms with Gasteiger partial charge in [-0.2, -0.15) is 0 Å². The molecule has 12 nitrogen and oxygen atoms in total. The van der Waals surface area contributed by atoms with Crippen LogP contribution in [0.2, 0.25) is 0 Å². The van der Waals surface area contributed by atoms with Crippen molar-refractivity contribution in [2.45, 2.75) is 25.9 Å². The standard InChI is InChI=1S/2C5H12N2O4S.Zn/c2*1-4(6)5(8)7-2-3-12(9,10)11;/h2*4H,2-3,6H2,1H3,(H,7,8)(H,9,10,11);/q;;+2/p-2/t2*4-;/m00./s1. The summed E-state index contributed by atoms with van der Waals surface area (Å²) in [4.78, 5) is 21.4. The molecule has 0 aromatic rings. The second kappa shape index (κ2) is 13.5. The normalized spacial score (nSPS) is 13.4. The van der Waals surface area contributed by atoms with Crippen molar-refractivity contribution in [3.63, 3.8) is 0 Å². The van der Waals surface area contributed by atoms with Gasteiger partial charge in [0.05, 0.1) is 43.8 Å². The van der Waals surface area contributed by atoms with Gasteiger partial charge in [-0.25, -0.2) is 16.8 Å². The first-order valence-corrected chi connectivity index (χ1v) is 9.75. The summed E-state index contributed by atoms with van der Waals surface area (Å²) >= 11 is 0. The molecule has 6 N–H and O–H groups in total. The SMILES string of the molecule is C[C@H](N)C(=O)NCCS(=O)(=O)[O-].C[C@H](N)C(=O)NCCS(=O)(=O)[O-].[Zn+2]. The van der Waals surface area contributed by atoms with Gasteiger partial charge in [-0.05, 0) is 13.8 Å². The number of nitrogens with one attached hydrogen (secondary N) is 2. The van der Waals surface area contributed by atoms with Crippen molar-refractivity contribution in [2.24, 2.45) is 11.5 Å². The molecule has 0 unspecified atom stereocenters. The van der Waals surface area contributed by atoms with Crippen molar-refractivity contribution in [1.82, 2.24) is 10.6 Å². The van der Waals surface area contributed by atoms with E-state index in [4.69, 9.17) is 11.5 Å². The molecule has 0 saturated heterocycles. The van der Waals surface area contributed by atoms with Gasteiger partial charge in [0.1, 0.15) is 0 Å². The molecular weight excluding hydrogens is 434 g/mol. The van der Waals surface area contributed by atoms with Crippen LogP contribution in [0.5, 0.6) is 0 Å². The Kier molecular flexibility index (Phi) is 15.7. The fourth-order valence-electron chi connectivity index (χ4n) is 0.920. The molecule has 0 saturated carbocycles. The first-order valence-electron chi connectivity index (χ1n) is 6.59. The van der Waals surface area contributed by atoms with Crippen LogP contribution in [0, 0.1) is 0 Å². The van der Waals surface area contributed by atoms with E-state index in [1.54, 1.807) is 0 Å².